The molecule has 1 saturated heterocycles. The van der Waals surface area contributed by atoms with E-state index in [1.54, 1.807) is 0 Å². The van der Waals surface area contributed by atoms with Crippen molar-refractivity contribution in [1.82, 2.24) is 4.90 Å². The molecule has 1 saturated carbocycles. The van der Waals surface area contributed by atoms with E-state index in [9.17, 15) is 0 Å². The Kier molecular flexibility index (Phi) is 4.48. The molecule has 0 aromatic rings. The molecule has 1 atom stereocenters. The summed E-state index contributed by atoms with van der Waals surface area (Å²) in [6.07, 6.45) is 9.96. The zero-order chi connectivity index (χ0) is 12.3. The first-order chi connectivity index (χ1) is 8.11. The molecule has 0 aromatic carbocycles. The predicted octanol–water partition coefficient (Wildman–Crippen LogP) is 3.02. The molecule has 0 amide bonds. The summed E-state index contributed by atoms with van der Waals surface area (Å²) >= 11 is 0. The minimum Gasteiger partial charge on any atom is -0.329 e. The molecular formula is C15H30N2. The molecule has 1 aliphatic carbocycles. The number of likely N-dealkylation sites (tertiary alicyclic amines) is 1. The Balaban J connectivity index is 1.83. The van der Waals surface area contributed by atoms with Gasteiger partial charge < -0.3 is 5.73 Å². The van der Waals surface area contributed by atoms with Gasteiger partial charge in [-0.05, 0) is 30.7 Å². The maximum atomic E-state index is 6.02. The van der Waals surface area contributed by atoms with E-state index in [0.717, 1.165) is 12.5 Å². The standard InChI is InChI=1S/C15H30N2/c1-15(2)8-9-17(12-15)14(11-16)10-13-6-4-3-5-7-13/h13-14H,3-12,16H2,1-2H3. The maximum Gasteiger partial charge on any atom is 0.0221 e. The van der Waals surface area contributed by atoms with Gasteiger partial charge in [0.05, 0.1) is 0 Å². The third-order valence-electron chi connectivity index (χ3n) is 4.83. The maximum absolute atomic E-state index is 6.02. The fraction of sp³-hybridized carbons (Fsp3) is 1.00. The quantitative estimate of drug-likeness (QED) is 0.816. The van der Waals surface area contributed by atoms with E-state index in [2.05, 4.69) is 18.7 Å². The van der Waals surface area contributed by atoms with Crippen LogP contribution in [0.4, 0.5) is 0 Å². The van der Waals surface area contributed by atoms with Gasteiger partial charge >= 0.3 is 0 Å². The summed E-state index contributed by atoms with van der Waals surface area (Å²) in [4.78, 5) is 2.66. The van der Waals surface area contributed by atoms with E-state index >= 15 is 0 Å². The lowest BCUT2D eigenvalue weighted by molar-refractivity contribution is 0.176. The van der Waals surface area contributed by atoms with E-state index in [4.69, 9.17) is 5.73 Å². The molecule has 1 heterocycles. The molecule has 2 heteroatoms. The van der Waals surface area contributed by atoms with Crippen LogP contribution in [0.25, 0.3) is 0 Å². The normalized spacial score (nSPS) is 28.4. The topological polar surface area (TPSA) is 29.3 Å². The van der Waals surface area contributed by atoms with Crippen LogP contribution >= 0.6 is 0 Å². The molecule has 0 aromatic heterocycles. The Labute approximate surface area is 107 Å². The smallest absolute Gasteiger partial charge is 0.0221 e. The van der Waals surface area contributed by atoms with Gasteiger partial charge in [0.25, 0.3) is 0 Å². The molecule has 17 heavy (non-hydrogen) atoms. The Morgan fingerprint density at radius 3 is 2.47 bits per heavy atom. The third-order valence-corrected chi connectivity index (χ3v) is 4.83. The van der Waals surface area contributed by atoms with E-state index in [0.29, 0.717) is 11.5 Å². The highest BCUT2D eigenvalue weighted by Gasteiger charge is 2.33. The van der Waals surface area contributed by atoms with Crippen molar-refractivity contribution in [2.45, 2.75) is 64.8 Å². The Hall–Kier alpha value is -0.0800. The largest absolute Gasteiger partial charge is 0.329 e. The second kappa shape index (κ2) is 5.71. The fourth-order valence-corrected chi connectivity index (χ4v) is 3.67. The van der Waals surface area contributed by atoms with Crippen LogP contribution in [0.3, 0.4) is 0 Å². The summed E-state index contributed by atoms with van der Waals surface area (Å²) in [5.41, 5.74) is 6.53. The van der Waals surface area contributed by atoms with Crippen LogP contribution in [-0.4, -0.2) is 30.6 Å². The van der Waals surface area contributed by atoms with Crippen LogP contribution in [0.5, 0.6) is 0 Å². The summed E-state index contributed by atoms with van der Waals surface area (Å²) in [5.74, 6) is 0.959. The van der Waals surface area contributed by atoms with Crippen LogP contribution < -0.4 is 5.73 Å². The number of hydrogen-bond acceptors (Lipinski definition) is 2. The fourth-order valence-electron chi connectivity index (χ4n) is 3.67. The van der Waals surface area contributed by atoms with E-state index < -0.39 is 0 Å². The van der Waals surface area contributed by atoms with Crippen LogP contribution in [0, 0.1) is 11.3 Å². The molecule has 0 radical (unpaired) electrons. The molecule has 100 valence electrons. The predicted molar refractivity (Wildman–Crippen MR) is 74.0 cm³/mol. The van der Waals surface area contributed by atoms with Gasteiger partial charge in [-0.2, -0.15) is 0 Å². The molecule has 2 aliphatic rings. The van der Waals surface area contributed by atoms with Crippen molar-refractivity contribution in [3.63, 3.8) is 0 Å². The monoisotopic (exact) mass is 238 g/mol. The molecule has 0 spiro atoms. The van der Waals surface area contributed by atoms with Crippen molar-refractivity contribution < 1.29 is 0 Å². The van der Waals surface area contributed by atoms with Crippen molar-refractivity contribution >= 4 is 0 Å². The zero-order valence-electron chi connectivity index (χ0n) is 11.8. The molecular weight excluding hydrogens is 208 g/mol. The second-order valence-corrected chi connectivity index (χ2v) is 7.01. The Bertz CT molecular complexity index is 231. The molecule has 1 aliphatic heterocycles. The summed E-state index contributed by atoms with van der Waals surface area (Å²) in [6, 6.07) is 0.653. The Morgan fingerprint density at radius 1 is 1.24 bits per heavy atom. The van der Waals surface area contributed by atoms with Gasteiger partial charge in [-0.25, -0.2) is 0 Å². The van der Waals surface area contributed by atoms with Gasteiger partial charge in [0.15, 0.2) is 0 Å². The number of nitrogens with zero attached hydrogens (tertiary/aromatic N) is 1. The molecule has 0 bridgehead atoms. The first kappa shape index (κ1) is 13.4. The summed E-state index contributed by atoms with van der Waals surface area (Å²) in [7, 11) is 0. The van der Waals surface area contributed by atoms with Crippen molar-refractivity contribution in [3.8, 4) is 0 Å². The Morgan fingerprint density at radius 2 is 1.94 bits per heavy atom. The lowest BCUT2D eigenvalue weighted by Gasteiger charge is -2.32. The molecule has 1 unspecified atom stereocenters. The van der Waals surface area contributed by atoms with Crippen molar-refractivity contribution in [1.29, 1.82) is 0 Å². The number of rotatable bonds is 4. The van der Waals surface area contributed by atoms with Gasteiger partial charge in [0.1, 0.15) is 0 Å². The summed E-state index contributed by atoms with van der Waals surface area (Å²) in [5, 5.41) is 0. The van der Waals surface area contributed by atoms with Gasteiger partial charge in [0, 0.05) is 19.1 Å². The van der Waals surface area contributed by atoms with Gasteiger partial charge in [-0.3, -0.25) is 4.90 Å². The lowest BCUT2D eigenvalue weighted by atomic mass is 9.84. The van der Waals surface area contributed by atoms with Crippen LogP contribution in [0.2, 0.25) is 0 Å². The van der Waals surface area contributed by atoms with Gasteiger partial charge in [-0.1, -0.05) is 46.0 Å². The zero-order valence-corrected chi connectivity index (χ0v) is 11.8. The highest BCUT2D eigenvalue weighted by molar-refractivity contribution is 4.88. The van der Waals surface area contributed by atoms with Crippen molar-refractivity contribution in [3.05, 3.63) is 0 Å². The third kappa shape index (κ3) is 3.69. The second-order valence-electron chi connectivity index (χ2n) is 7.01. The van der Waals surface area contributed by atoms with Crippen molar-refractivity contribution in [2.75, 3.05) is 19.6 Å². The summed E-state index contributed by atoms with van der Waals surface area (Å²) < 4.78 is 0. The molecule has 2 fully saturated rings. The molecule has 2 nitrogen and oxygen atoms in total. The van der Waals surface area contributed by atoms with Crippen molar-refractivity contribution in [2.24, 2.45) is 17.1 Å². The number of hydrogen-bond donors (Lipinski definition) is 1. The average Bonchev–Trinajstić information content (AvgIpc) is 2.68. The first-order valence-electron chi connectivity index (χ1n) is 7.55. The van der Waals surface area contributed by atoms with E-state index in [-0.39, 0.29) is 0 Å². The minimum atomic E-state index is 0.514. The first-order valence-corrected chi connectivity index (χ1v) is 7.55. The summed E-state index contributed by atoms with van der Waals surface area (Å²) in [6.45, 7) is 8.15. The van der Waals surface area contributed by atoms with Gasteiger partial charge in [-0.15, -0.1) is 0 Å². The number of nitrogens with two attached hydrogens (primary N) is 1. The average molecular weight is 238 g/mol. The van der Waals surface area contributed by atoms with Crippen LogP contribution in [0.1, 0.15) is 58.8 Å². The van der Waals surface area contributed by atoms with Gasteiger partial charge in [0.2, 0.25) is 0 Å². The van der Waals surface area contributed by atoms with E-state index in [1.165, 1.54) is 58.0 Å². The molecule has 2 rings (SSSR count). The van der Waals surface area contributed by atoms with Crippen LogP contribution in [0.15, 0.2) is 0 Å². The van der Waals surface area contributed by atoms with Crippen LogP contribution in [-0.2, 0) is 0 Å². The minimum absolute atomic E-state index is 0.514. The SMILES string of the molecule is CC1(C)CCN(C(CN)CC2CCCCC2)C1. The highest BCUT2D eigenvalue weighted by atomic mass is 15.2. The lowest BCUT2D eigenvalue weighted by Crippen LogP contribution is -2.41. The highest BCUT2D eigenvalue weighted by Crippen LogP contribution is 2.33. The molecule has 2 N–H and O–H groups in total. The van der Waals surface area contributed by atoms with E-state index in [1.807, 2.05) is 0 Å².